The first-order valence-corrected chi connectivity index (χ1v) is 4.38. The smallest absolute Gasteiger partial charge is 0.178 e. The van der Waals surface area contributed by atoms with E-state index in [-0.39, 0.29) is 29.3 Å². The number of nitrogens with zero attached hydrogens (tertiary/aromatic N) is 1. The van der Waals surface area contributed by atoms with Crippen LogP contribution in [0.3, 0.4) is 0 Å². The van der Waals surface area contributed by atoms with Gasteiger partial charge in [0.25, 0.3) is 0 Å². The monoisotopic (exact) mass is 205 g/mol. The number of phenols is 1. The van der Waals surface area contributed by atoms with Crippen molar-refractivity contribution in [3.05, 3.63) is 23.3 Å². The predicted molar refractivity (Wildman–Crippen MR) is 53.8 cm³/mol. The van der Waals surface area contributed by atoms with Crippen molar-refractivity contribution in [1.29, 1.82) is 5.26 Å². The molecule has 1 rings (SSSR count). The fraction of sp³-hybridized carbons (Fsp3) is 0.273. The Morgan fingerprint density at radius 3 is 2.73 bits per heavy atom. The highest BCUT2D eigenvalue weighted by atomic mass is 16.5. The zero-order valence-electron chi connectivity index (χ0n) is 8.57. The van der Waals surface area contributed by atoms with Crippen molar-refractivity contribution in [3.63, 3.8) is 0 Å². The molecule has 0 atom stereocenters. The first-order valence-electron chi connectivity index (χ1n) is 4.38. The summed E-state index contributed by atoms with van der Waals surface area (Å²) in [5, 5.41) is 18.3. The first kappa shape index (κ1) is 11.1. The summed E-state index contributed by atoms with van der Waals surface area (Å²) in [5.74, 6) is 0.000980. The van der Waals surface area contributed by atoms with Crippen LogP contribution in [0.5, 0.6) is 11.5 Å². The highest BCUT2D eigenvalue weighted by molar-refractivity contribution is 5.78. The summed E-state index contributed by atoms with van der Waals surface area (Å²) in [6, 6.07) is 4.88. The van der Waals surface area contributed by atoms with E-state index in [0.717, 1.165) is 0 Å². The van der Waals surface area contributed by atoms with Crippen molar-refractivity contribution in [3.8, 4) is 17.6 Å². The van der Waals surface area contributed by atoms with Crippen LogP contribution >= 0.6 is 0 Å². The van der Waals surface area contributed by atoms with Crippen molar-refractivity contribution in [2.75, 3.05) is 7.11 Å². The Morgan fingerprint density at radius 1 is 1.60 bits per heavy atom. The molecule has 0 bridgehead atoms. The van der Waals surface area contributed by atoms with Gasteiger partial charge in [-0.15, -0.1) is 0 Å². The van der Waals surface area contributed by atoms with Gasteiger partial charge in [-0.3, -0.25) is 4.79 Å². The molecular formula is C11H11NO3. The van der Waals surface area contributed by atoms with Crippen molar-refractivity contribution >= 4 is 5.78 Å². The minimum atomic E-state index is -0.118. The van der Waals surface area contributed by atoms with Crippen LogP contribution in [0.15, 0.2) is 12.1 Å². The molecule has 0 spiro atoms. The van der Waals surface area contributed by atoms with Gasteiger partial charge in [0.2, 0.25) is 0 Å². The summed E-state index contributed by atoms with van der Waals surface area (Å²) >= 11 is 0. The van der Waals surface area contributed by atoms with Crippen molar-refractivity contribution < 1.29 is 14.6 Å². The third kappa shape index (κ3) is 2.47. The van der Waals surface area contributed by atoms with E-state index in [9.17, 15) is 9.90 Å². The number of nitriles is 1. The quantitative estimate of drug-likeness (QED) is 0.809. The SMILES string of the molecule is COc1c(O)cc(CC(C)=O)cc1C#N. The Bertz CT molecular complexity index is 432. The van der Waals surface area contributed by atoms with Crippen LogP contribution in [0.2, 0.25) is 0 Å². The van der Waals surface area contributed by atoms with Crippen LogP contribution in [0.1, 0.15) is 18.1 Å². The van der Waals surface area contributed by atoms with Crippen LogP contribution < -0.4 is 4.74 Å². The Kier molecular flexibility index (Phi) is 3.29. The lowest BCUT2D eigenvalue weighted by Gasteiger charge is -2.07. The lowest BCUT2D eigenvalue weighted by atomic mass is 10.1. The van der Waals surface area contributed by atoms with Crippen molar-refractivity contribution in [2.45, 2.75) is 13.3 Å². The Morgan fingerprint density at radius 2 is 2.27 bits per heavy atom. The second-order valence-corrected chi connectivity index (χ2v) is 3.19. The maximum Gasteiger partial charge on any atom is 0.178 e. The number of methoxy groups -OCH3 is 1. The highest BCUT2D eigenvalue weighted by Crippen LogP contribution is 2.31. The van der Waals surface area contributed by atoms with Gasteiger partial charge in [-0.1, -0.05) is 0 Å². The molecular weight excluding hydrogens is 194 g/mol. The molecule has 0 amide bonds. The van der Waals surface area contributed by atoms with E-state index in [4.69, 9.17) is 10.00 Å². The summed E-state index contributed by atoms with van der Waals surface area (Å²) in [6.07, 6.45) is 0.201. The predicted octanol–water partition coefficient (Wildman–Crippen LogP) is 1.40. The maximum atomic E-state index is 10.9. The van der Waals surface area contributed by atoms with E-state index in [1.165, 1.54) is 20.1 Å². The number of aromatic hydroxyl groups is 1. The molecule has 1 N–H and O–H groups in total. The van der Waals surface area contributed by atoms with Gasteiger partial charge in [0.05, 0.1) is 12.7 Å². The highest BCUT2D eigenvalue weighted by Gasteiger charge is 2.11. The lowest BCUT2D eigenvalue weighted by Crippen LogP contribution is -1.98. The van der Waals surface area contributed by atoms with Gasteiger partial charge in [0.1, 0.15) is 11.9 Å². The van der Waals surface area contributed by atoms with Gasteiger partial charge in [-0.2, -0.15) is 5.26 Å². The van der Waals surface area contributed by atoms with Crippen molar-refractivity contribution in [1.82, 2.24) is 0 Å². The van der Waals surface area contributed by atoms with Crippen LogP contribution in [0.25, 0.3) is 0 Å². The summed E-state index contributed by atoms with van der Waals surface area (Å²) in [6.45, 7) is 1.45. The number of ketones is 1. The number of phenolic OH excluding ortho intramolecular Hbond substituents is 1. The molecule has 1 aromatic rings. The molecule has 0 aromatic heterocycles. The summed E-state index contributed by atoms with van der Waals surface area (Å²) < 4.78 is 4.87. The molecule has 0 aliphatic rings. The average Bonchev–Trinajstić information content (AvgIpc) is 2.15. The molecule has 0 unspecified atom stereocenters. The lowest BCUT2D eigenvalue weighted by molar-refractivity contribution is -0.116. The molecule has 0 radical (unpaired) electrons. The fourth-order valence-electron chi connectivity index (χ4n) is 1.36. The van der Waals surface area contributed by atoms with Gasteiger partial charge < -0.3 is 9.84 Å². The molecule has 78 valence electrons. The molecule has 4 nitrogen and oxygen atoms in total. The molecule has 15 heavy (non-hydrogen) atoms. The Labute approximate surface area is 87.7 Å². The largest absolute Gasteiger partial charge is 0.504 e. The summed E-state index contributed by atoms with van der Waals surface area (Å²) in [5.41, 5.74) is 0.839. The third-order valence-corrected chi connectivity index (χ3v) is 1.91. The second-order valence-electron chi connectivity index (χ2n) is 3.19. The molecule has 1 aromatic carbocycles. The second kappa shape index (κ2) is 4.47. The van der Waals surface area contributed by atoms with E-state index < -0.39 is 0 Å². The summed E-state index contributed by atoms with van der Waals surface area (Å²) in [4.78, 5) is 10.9. The molecule has 0 fully saturated rings. The standard InChI is InChI=1S/C11H11NO3/c1-7(13)3-8-4-9(6-12)11(15-2)10(14)5-8/h4-5,14H,3H2,1-2H3. The summed E-state index contributed by atoms with van der Waals surface area (Å²) in [7, 11) is 1.38. The number of ether oxygens (including phenoxy) is 1. The Hall–Kier alpha value is -2.02. The first-order chi connectivity index (χ1) is 7.08. The normalized spacial score (nSPS) is 9.40. The zero-order chi connectivity index (χ0) is 11.4. The topological polar surface area (TPSA) is 70.3 Å². The number of benzene rings is 1. The molecule has 4 heteroatoms. The van der Waals surface area contributed by atoms with Gasteiger partial charge in [-0.05, 0) is 24.6 Å². The van der Waals surface area contributed by atoms with E-state index >= 15 is 0 Å². The number of hydrogen-bond acceptors (Lipinski definition) is 4. The number of Topliss-reactive ketones (excluding diaryl/α,β-unsaturated/α-hetero) is 1. The van der Waals surface area contributed by atoms with Crippen molar-refractivity contribution in [2.24, 2.45) is 0 Å². The van der Waals surface area contributed by atoms with Crippen LogP contribution in [0, 0.1) is 11.3 Å². The number of carbonyl (C=O) groups excluding carboxylic acids is 1. The average molecular weight is 205 g/mol. The van der Waals surface area contributed by atoms with Crippen LogP contribution in [-0.4, -0.2) is 18.0 Å². The molecule has 0 aliphatic carbocycles. The number of hydrogen-bond donors (Lipinski definition) is 1. The third-order valence-electron chi connectivity index (χ3n) is 1.91. The zero-order valence-corrected chi connectivity index (χ0v) is 8.57. The fourth-order valence-corrected chi connectivity index (χ4v) is 1.36. The molecule has 0 heterocycles. The number of rotatable bonds is 3. The van der Waals surface area contributed by atoms with Crippen LogP contribution in [0.4, 0.5) is 0 Å². The van der Waals surface area contributed by atoms with E-state index in [0.29, 0.717) is 5.56 Å². The molecule has 0 aliphatic heterocycles. The van der Waals surface area contributed by atoms with Gasteiger partial charge in [-0.25, -0.2) is 0 Å². The maximum absolute atomic E-state index is 10.9. The van der Waals surface area contributed by atoms with E-state index in [1.54, 1.807) is 6.07 Å². The van der Waals surface area contributed by atoms with Gasteiger partial charge >= 0.3 is 0 Å². The Balaban J connectivity index is 3.21. The van der Waals surface area contributed by atoms with E-state index in [2.05, 4.69) is 0 Å². The minimum Gasteiger partial charge on any atom is -0.504 e. The van der Waals surface area contributed by atoms with Gasteiger partial charge in [0, 0.05) is 6.42 Å². The van der Waals surface area contributed by atoms with E-state index in [1.807, 2.05) is 6.07 Å². The van der Waals surface area contributed by atoms with Gasteiger partial charge in [0.15, 0.2) is 11.5 Å². The number of carbonyl (C=O) groups is 1. The van der Waals surface area contributed by atoms with Crippen LogP contribution in [-0.2, 0) is 11.2 Å². The minimum absolute atomic E-state index is 0.0246. The molecule has 0 saturated carbocycles. The molecule has 0 saturated heterocycles.